The normalized spacial score (nSPS) is 16.4. The second-order valence-electron chi connectivity index (χ2n) is 6.60. The predicted octanol–water partition coefficient (Wildman–Crippen LogP) is 2.25. The predicted molar refractivity (Wildman–Crippen MR) is 97.5 cm³/mol. The number of amides is 2. The summed E-state index contributed by atoms with van der Waals surface area (Å²) in [4.78, 5) is 27.8. The summed E-state index contributed by atoms with van der Waals surface area (Å²) < 4.78 is 5.01. The maximum absolute atomic E-state index is 12.3. The molecule has 0 aromatic heterocycles. The number of piperazine rings is 1. The zero-order valence-electron chi connectivity index (χ0n) is 15.7. The Morgan fingerprint density at radius 1 is 1.16 bits per heavy atom. The van der Waals surface area contributed by atoms with Gasteiger partial charge < -0.3 is 15.0 Å². The van der Waals surface area contributed by atoms with Crippen LogP contribution in [0.3, 0.4) is 0 Å². The maximum Gasteiger partial charge on any atom is 0.409 e. The van der Waals surface area contributed by atoms with Crippen molar-refractivity contribution in [3.63, 3.8) is 0 Å². The van der Waals surface area contributed by atoms with Gasteiger partial charge in [-0.2, -0.15) is 0 Å². The van der Waals surface area contributed by atoms with E-state index in [0.717, 1.165) is 5.56 Å². The van der Waals surface area contributed by atoms with Gasteiger partial charge in [0.1, 0.15) is 0 Å². The molecule has 1 aromatic rings. The van der Waals surface area contributed by atoms with Crippen LogP contribution in [0.5, 0.6) is 0 Å². The van der Waals surface area contributed by atoms with E-state index in [1.807, 2.05) is 6.92 Å². The molecular weight excluding hydrogens is 318 g/mol. The molecule has 0 radical (unpaired) electrons. The van der Waals surface area contributed by atoms with Crippen molar-refractivity contribution in [1.82, 2.24) is 15.1 Å². The van der Waals surface area contributed by atoms with Crippen molar-refractivity contribution in [3.8, 4) is 0 Å². The molecule has 1 aliphatic rings. The third kappa shape index (κ3) is 5.46. The summed E-state index contributed by atoms with van der Waals surface area (Å²) in [5.74, 6) is 0.00955. The van der Waals surface area contributed by atoms with E-state index in [1.54, 1.807) is 11.8 Å². The van der Waals surface area contributed by atoms with Crippen LogP contribution in [0.15, 0.2) is 18.2 Å². The molecule has 1 fully saturated rings. The van der Waals surface area contributed by atoms with Crippen molar-refractivity contribution >= 4 is 12.0 Å². The number of ether oxygens (including phenoxy) is 1. The van der Waals surface area contributed by atoms with Crippen molar-refractivity contribution < 1.29 is 14.3 Å². The summed E-state index contributed by atoms with van der Waals surface area (Å²) in [6.07, 6.45) is -0.269. The molecule has 6 heteroatoms. The van der Waals surface area contributed by atoms with E-state index in [0.29, 0.717) is 39.3 Å². The Kier molecular flexibility index (Phi) is 6.82. The average Bonchev–Trinajstić information content (AvgIpc) is 2.58. The Labute approximate surface area is 150 Å². The fraction of sp³-hybridized carbons (Fsp3) is 0.579. The monoisotopic (exact) mass is 347 g/mol. The van der Waals surface area contributed by atoms with Gasteiger partial charge in [0, 0.05) is 26.2 Å². The molecular formula is C19H29N3O3. The van der Waals surface area contributed by atoms with Gasteiger partial charge in [-0.1, -0.05) is 18.2 Å². The molecule has 1 saturated heterocycles. The molecule has 1 aliphatic heterocycles. The van der Waals surface area contributed by atoms with Gasteiger partial charge in [0.2, 0.25) is 5.91 Å². The van der Waals surface area contributed by atoms with Gasteiger partial charge in [0.05, 0.1) is 19.2 Å². The van der Waals surface area contributed by atoms with Gasteiger partial charge in [-0.25, -0.2) is 4.79 Å². The Morgan fingerprint density at radius 2 is 1.84 bits per heavy atom. The molecule has 0 aliphatic carbocycles. The van der Waals surface area contributed by atoms with Crippen molar-refractivity contribution in [2.75, 3.05) is 39.3 Å². The lowest BCUT2D eigenvalue weighted by molar-refractivity contribution is -0.123. The third-order valence-electron chi connectivity index (χ3n) is 4.67. The Hall–Kier alpha value is -2.08. The molecule has 1 atom stereocenters. The fourth-order valence-corrected chi connectivity index (χ4v) is 2.91. The van der Waals surface area contributed by atoms with Crippen molar-refractivity contribution in [3.05, 3.63) is 34.9 Å². The van der Waals surface area contributed by atoms with Crippen LogP contribution in [-0.4, -0.2) is 61.1 Å². The Balaban J connectivity index is 1.79. The second-order valence-corrected chi connectivity index (χ2v) is 6.60. The van der Waals surface area contributed by atoms with Gasteiger partial charge in [-0.15, -0.1) is 0 Å². The van der Waals surface area contributed by atoms with Crippen molar-refractivity contribution in [2.45, 2.75) is 33.7 Å². The largest absolute Gasteiger partial charge is 0.450 e. The highest BCUT2D eigenvalue weighted by Gasteiger charge is 2.23. The lowest BCUT2D eigenvalue weighted by Gasteiger charge is -2.33. The smallest absolute Gasteiger partial charge is 0.409 e. The van der Waals surface area contributed by atoms with E-state index in [4.69, 9.17) is 4.74 Å². The number of hydrogen-bond acceptors (Lipinski definition) is 4. The van der Waals surface area contributed by atoms with E-state index in [1.165, 1.54) is 11.1 Å². The molecule has 0 bridgehead atoms. The number of rotatable bonds is 5. The van der Waals surface area contributed by atoms with Crippen LogP contribution in [0.4, 0.5) is 4.79 Å². The van der Waals surface area contributed by atoms with E-state index < -0.39 is 0 Å². The number of carbonyl (C=O) groups excluding carboxylic acids is 2. The van der Waals surface area contributed by atoms with Crippen LogP contribution in [0.25, 0.3) is 0 Å². The van der Waals surface area contributed by atoms with Crippen LogP contribution in [-0.2, 0) is 9.53 Å². The number of nitrogens with one attached hydrogen (secondary N) is 1. The first-order chi connectivity index (χ1) is 11.9. The minimum Gasteiger partial charge on any atom is -0.450 e. The SMILES string of the molecule is CCOC(=O)N1CCN(CC(=O)NC(C)c2ccc(C)c(C)c2)CC1. The van der Waals surface area contributed by atoms with Crippen LogP contribution >= 0.6 is 0 Å². The maximum atomic E-state index is 12.3. The summed E-state index contributed by atoms with van der Waals surface area (Å²) in [6.45, 7) is 11.3. The average molecular weight is 347 g/mol. The highest BCUT2D eigenvalue weighted by molar-refractivity contribution is 5.78. The highest BCUT2D eigenvalue weighted by atomic mass is 16.6. The zero-order chi connectivity index (χ0) is 18.4. The van der Waals surface area contributed by atoms with Gasteiger partial charge >= 0.3 is 6.09 Å². The first-order valence-electron chi connectivity index (χ1n) is 8.91. The quantitative estimate of drug-likeness (QED) is 0.887. The summed E-state index contributed by atoms with van der Waals surface area (Å²) in [7, 11) is 0. The van der Waals surface area contributed by atoms with Crippen LogP contribution in [0.1, 0.15) is 36.6 Å². The van der Waals surface area contributed by atoms with Crippen LogP contribution < -0.4 is 5.32 Å². The minimum atomic E-state index is -0.269. The summed E-state index contributed by atoms with van der Waals surface area (Å²) in [5, 5.41) is 3.06. The highest BCUT2D eigenvalue weighted by Crippen LogP contribution is 2.16. The number of benzene rings is 1. The molecule has 138 valence electrons. The standard InChI is InChI=1S/C19H29N3O3/c1-5-25-19(24)22-10-8-21(9-11-22)13-18(23)20-16(4)17-7-6-14(2)15(3)12-17/h6-7,12,16H,5,8-11,13H2,1-4H3,(H,20,23). The number of carbonyl (C=O) groups is 2. The lowest BCUT2D eigenvalue weighted by Crippen LogP contribution is -2.51. The van der Waals surface area contributed by atoms with Gasteiger partial charge in [-0.3, -0.25) is 9.69 Å². The van der Waals surface area contributed by atoms with E-state index in [-0.39, 0.29) is 18.0 Å². The molecule has 2 rings (SSSR count). The molecule has 25 heavy (non-hydrogen) atoms. The minimum absolute atomic E-state index is 0.00955. The van der Waals surface area contributed by atoms with E-state index in [2.05, 4.69) is 42.3 Å². The fourth-order valence-electron chi connectivity index (χ4n) is 2.91. The molecule has 0 spiro atoms. The number of hydrogen-bond donors (Lipinski definition) is 1. The molecule has 1 heterocycles. The Bertz CT molecular complexity index is 610. The third-order valence-corrected chi connectivity index (χ3v) is 4.67. The van der Waals surface area contributed by atoms with Crippen molar-refractivity contribution in [2.24, 2.45) is 0 Å². The van der Waals surface area contributed by atoms with Gasteiger partial charge in [0.15, 0.2) is 0 Å². The molecule has 0 saturated carbocycles. The zero-order valence-corrected chi connectivity index (χ0v) is 15.7. The molecule has 1 aromatic carbocycles. The second kappa shape index (κ2) is 8.85. The van der Waals surface area contributed by atoms with E-state index in [9.17, 15) is 9.59 Å². The van der Waals surface area contributed by atoms with Crippen LogP contribution in [0.2, 0.25) is 0 Å². The molecule has 1 N–H and O–H groups in total. The number of aryl methyl sites for hydroxylation is 2. The molecule has 6 nitrogen and oxygen atoms in total. The summed E-state index contributed by atoms with van der Waals surface area (Å²) in [6, 6.07) is 6.25. The van der Waals surface area contributed by atoms with E-state index >= 15 is 0 Å². The first-order valence-corrected chi connectivity index (χ1v) is 8.91. The Morgan fingerprint density at radius 3 is 2.44 bits per heavy atom. The topological polar surface area (TPSA) is 61.9 Å². The van der Waals surface area contributed by atoms with Gasteiger partial charge in [0.25, 0.3) is 0 Å². The van der Waals surface area contributed by atoms with Crippen molar-refractivity contribution in [1.29, 1.82) is 0 Å². The summed E-state index contributed by atoms with van der Waals surface area (Å²) in [5.41, 5.74) is 3.60. The van der Waals surface area contributed by atoms with Gasteiger partial charge in [-0.05, 0) is 44.4 Å². The lowest BCUT2D eigenvalue weighted by atomic mass is 10.0. The molecule has 2 amide bonds. The molecule has 1 unspecified atom stereocenters. The number of nitrogens with zero attached hydrogens (tertiary/aromatic N) is 2. The first kappa shape index (κ1) is 19.2. The van der Waals surface area contributed by atoms with Crippen LogP contribution in [0, 0.1) is 13.8 Å². The summed E-state index contributed by atoms with van der Waals surface area (Å²) >= 11 is 0.